The maximum Gasteiger partial charge on any atom is 0.329 e. The quantitative estimate of drug-likeness (QED) is 0.455. The van der Waals surface area contributed by atoms with Crippen molar-refractivity contribution in [3.63, 3.8) is 0 Å². The maximum absolute atomic E-state index is 12.1. The Morgan fingerprint density at radius 3 is 2.28 bits per heavy atom. The number of benzene rings is 2. The molecule has 0 aliphatic heterocycles. The van der Waals surface area contributed by atoms with Crippen molar-refractivity contribution < 1.29 is 9.59 Å². The molecule has 0 spiro atoms. The third-order valence-corrected chi connectivity index (χ3v) is 4.17. The molecule has 25 heavy (non-hydrogen) atoms. The number of nitrogens with zero attached hydrogens (tertiary/aromatic N) is 1. The number of hydrogen-bond acceptors (Lipinski definition) is 3. The van der Waals surface area contributed by atoms with Gasteiger partial charge < -0.3 is 5.32 Å². The number of nitrogens with one attached hydrogen (secondary N) is 2. The van der Waals surface area contributed by atoms with Gasteiger partial charge in [0.1, 0.15) is 0 Å². The Morgan fingerprint density at radius 2 is 1.68 bits per heavy atom. The second kappa shape index (κ2) is 9.13. The molecule has 0 radical (unpaired) electrons. The van der Waals surface area contributed by atoms with E-state index in [1.54, 1.807) is 0 Å². The number of rotatable bonds is 5. The Kier molecular flexibility index (Phi) is 6.89. The van der Waals surface area contributed by atoms with E-state index in [2.05, 4.69) is 31.8 Å². The molecule has 0 unspecified atom stereocenters. The molecule has 2 aromatic rings. The van der Waals surface area contributed by atoms with Crippen LogP contribution in [0, 0.1) is 0 Å². The number of amides is 2. The molecule has 0 aliphatic carbocycles. The molecule has 0 fully saturated rings. The summed E-state index contributed by atoms with van der Waals surface area (Å²) in [4.78, 5) is 24.1. The molecule has 0 bridgehead atoms. The van der Waals surface area contributed by atoms with Gasteiger partial charge in [-0.25, -0.2) is 5.43 Å². The van der Waals surface area contributed by atoms with E-state index in [-0.39, 0.29) is 0 Å². The predicted molar refractivity (Wildman–Crippen MR) is 104 cm³/mol. The molecule has 0 atom stereocenters. The van der Waals surface area contributed by atoms with Crippen LogP contribution in [0.15, 0.2) is 52.0 Å². The third kappa shape index (κ3) is 5.26. The van der Waals surface area contributed by atoms with E-state index in [1.807, 2.05) is 56.3 Å². The first-order chi connectivity index (χ1) is 12.0. The van der Waals surface area contributed by atoms with Gasteiger partial charge in [-0.1, -0.05) is 60.1 Å². The first kappa shape index (κ1) is 18.9. The van der Waals surface area contributed by atoms with E-state index in [0.29, 0.717) is 5.69 Å². The van der Waals surface area contributed by atoms with Crippen molar-refractivity contribution in [1.82, 2.24) is 5.43 Å². The number of carbonyl (C=O) groups excluding carboxylic acids is 2. The van der Waals surface area contributed by atoms with Crippen LogP contribution in [0.2, 0.25) is 0 Å². The number of hydrogen-bond donors (Lipinski definition) is 2. The second-order valence-corrected chi connectivity index (χ2v) is 6.28. The van der Waals surface area contributed by atoms with Gasteiger partial charge in [0.2, 0.25) is 0 Å². The Bertz CT molecular complexity index is 781. The lowest BCUT2D eigenvalue weighted by atomic mass is 10.0. The van der Waals surface area contributed by atoms with Crippen LogP contribution in [0.25, 0.3) is 0 Å². The van der Waals surface area contributed by atoms with Gasteiger partial charge in [-0.15, -0.1) is 0 Å². The molecule has 2 aromatic carbocycles. The van der Waals surface area contributed by atoms with Crippen LogP contribution < -0.4 is 10.7 Å². The summed E-state index contributed by atoms with van der Waals surface area (Å²) in [5.41, 5.74) is 5.76. The number of hydrazone groups is 1. The van der Waals surface area contributed by atoms with E-state index < -0.39 is 11.8 Å². The molecule has 0 saturated heterocycles. The Balaban J connectivity index is 2.03. The molecule has 5 nitrogen and oxygen atoms in total. The molecule has 2 N–H and O–H groups in total. The summed E-state index contributed by atoms with van der Waals surface area (Å²) in [6.07, 6.45) is 3.02. The minimum absolute atomic E-state index is 0.712. The smallest absolute Gasteiger partial charge is 0.317 e. The highest BCUT2D eigenvalue weighted by Gasteiger charge is 2.16. The zero-order valence-electron chi connectivity index (χ0n) is 14.2. The van der Waals surface area contributed by atoms with Gasteiger partial charge in [-0.3, -0.25) is 9.59 Å². The van der Waals surface area contributed by atoms with Gasteiger partial charge in [-0.2, -0.15) is 5.10 Å². The number of anilines is 1. The number of para-hydroxylation sites is 1. The average Bonchev–Trinajstić information content (AvgIpc) is 2.61. The fourth-order valence-electron chi connectivity index (χ4n) is 2.38. The van der Waals surface area contributed by atoms with Gasteiger partial charge in [-0.05, 0) is 41.7 Å². The predicted octanol–water partition coefficient (Wildman–Crippen LogP) is 3.66. The fourth-order valence-corrected chi connectivity index (χ4v) is 2.79. The monoisotopic (exact) mass is 401 g/mol. The minimum Gasteiger partial charge on any atom is -0.317 e. The van der Waals surface area contributed by atoms with Crippen LogP contribution in [0.5, 0.6) is 0 Å². The first-order valence-corrected chi connectivity index (χ1v) is 8.85. The van der Waals surface area contributed by atoms with Gasteiger partial charge in [0.25, 0.3) is 0 Å². The van der Waals surface area contributed by atoms with Crippen molar-refractivity contribution in [3.8, 4) is 0 Å². The normalized spacial score (nSPS) is 10.7. The minimum atomic E-state index is -0.806. The molecule has 130 valence electrons. The largest absolute Gasteiger partial charge is 0.329 e. The average molecular weight is 402 g/mol. The summed E-state index contributed by atoms with van der Waals surface area (Å²) in [5.74, 6) is -1.54. The fraction of sp³-hybridized carbons (Fsp3) is 0.211. The summed E-state index contributed by atoms with van der Waals surface area (Å²) in [5, 5.41) is 6.53. The van der Waals surface area contributed by atoms with E-state index >= 15 is 0 Å². The van der Waals surface area contributed by atoms with Crippen molar-refractivity contribution in [2.45, 2.75) is 26.7 Å². The van der Waals surface area contributed by atoms with Gasteiger partial charge >= 0.3 is 11.8 Å². The summed E-state index contributed by atoms with van der Waals surface area (Å²) in [6.45, 7) is 4.01. The molecule has 6 heteroatoms. The van der Waals surface area contributed by atoms with Crippen molar-refractivity contribution in [3.05, 3.63) is 63.6 Å². The van der Waals surface area contributed by atoms with Crippen LogP contribution in [-0.2, 0) is 22.4 Å². The maximum atomic E-state index is 12.1. The van der Waals surface area contributed by atoms with Crippen molar-refractivity contribution in [2.75, 3.05) is 5.32 Å². The second-order valence-electron chi connectivity index (χ2n) is 5.37. The highest BCUT2D eigenvalue weighted by atomic mass is 79.9. The molecular formula is C19H20BrN3O2. The molecular weight excluding hydrogens is 382 g/mol. The topological polar surface area (TPSA) is 70.6 Å². The van der Waals surface area contributed by atoms with Crippen molar-refractivity contribution in [2.24, 2.45) is 5.10 Å². The molecule has 2 rings (SSSR count). The number of carbonyl (C=O) groups is 2. The zero-order valence-corrected chi connectivity index (χ0v) is 15.8. The summed E-state index contributed by atoms with van der Waals surface area (Å²) in [7, 11) is 0. The lowest BCUT2D eigenvalue weighted by Crippen LogP contribution is -2.33. The van der Waals surface area contributed by atoms with Crippen molar-refractivity contribution >= 4 is 39.6 Å². The van der Waals surface area contributed by atoms with Crippen LogP contribution in [0.4, 0.5) is 5.69 Å². The van der Waals surface area contributed by atoms with E-state index in [0.717, 1.165) is 34.0 Å². The van der Waals surface area contributed by atoms with Gasteiger partial charge in [0, 0.05) is 10.2 Å². The standard InChI is InChI=1S/C19H20BrN3O2/c1-3-14-8-6-9-15(4-2)17(14)22-18(24)19(25)23-21-12-13-7-5-10-16(20)11-13/h5-12H,3-4H2,1-2H3,(H,22,24)(H,23,25)/b21-12-. The molecule has 0 aromatic heterocycles. The van der Waals surface area contributed by atoms with E-state index in [4.69, 9.17) is 0 Å². The first-order valence-electron chi connectivity index (χ1n) is 8.05. The van der Waals surface area contributed by atoms with Crippen LogP contribution in [-0.4, -0.2) is 18.0 Å². The molecule has 0 aliphatic rings. The lowest BCUT2D eigenvalue weighted by molar-refractivity contribution is -0.136. The number of halogens is 1. The number of aryl methyl sites for hydroxylation is 2. The van der Waals surface area contributed by atoms with Crippen LogP contribution in [0.1, 0.15) is 30.5 Å². The van der Waals surface area contributed by atoms with Crippen LogP contribution >= 0.6 is 15.9 Å². The Morgan fingerprint density at radius 1 is 1.04 bits per heavy atom. The SMILES string of the molecule is CCc1cccc(CC)c1NC(=O)C(=O)N/N=C\c1cccc(Br)c1. The summed E-state index contributed by atoms with van der Waals surface area (Å²) >= 11 is 3.36. The van der Waals surface area contributed by atoms with Crippen LogP contribution in [0.3, 0.4) is 0 Å². The zero-order chi connectivity index (χ0) is 18.2. The molecule has 0 heterocycles. The highest BCUT2D eigenvalue weighted by Crippen LogP contribution is 2.22. The highest BCUT2D eigenvalue weighted by molar-refractivity contribution is 9.10. The molecule has 0 saturated carbocycles. The van der Waals surface area contributed by atoms with Gasteiger partial charge in [0.05, 0.1) is 6.21 Å². The molecule has 2 amide bonds. The van der Waals surface area contributed by atoms with Gasteiger partial charge in [0.15, 0.2) is 0 Å². The summed E-state index contributed by atoms with van der Waals surface area (Å²) in [6, 6.07) is 13.3. The third-order valence-electron chi connectivity index (χ3n) is 3.67. The lowest BCUT2D eigenvalue weighted by Gasteiger charge is -2.13. The Labute approximate surface area is 155 Å². The van der Waals surface area contributed by atoms with Crippen molar-refractivity contribution in [1.29, 1.82) is 0 Å². The Hall–Kier alpha value is -2.47. The van der Waals surface area contributed by atoms with E-state index in [9.17, 15) is 9.59 Å². The van der Waals surface area contributed by atoms with E-state index in [1.165, 1.54) is 6.21 Å². The summed E-state index contributed by atoms with van der Waals surface area (Å²) < 4.78 is 0.906.